The standard InChI is InChI=1S/C22H14BrN3O2S/c1-13-3-2-4-17(7-13)25-11-15(10-24)21-26-19(12-29-21)18-9-14-8-16(23)5-6-20(14)28-22(18)27/h2-9,11-12,25H,1H3/b15-11+. The zero-order chi connectivity index (χ0) is 20.4. The smallest absolute Gasteiger partial charge is 0.345 e. The number of aryl methyl sites for hydroxylation is 1. The van der Waals surface area contributed by atoms with E-state index < -0.39 is 5.63 Å². The summed E-state index contributed by atoms with van der Waals surface area (Å²) in [5, 5.41) is 15.7. The minimum Gasteiger partial charge on any atom is -0.422 e. The highest BCUT2D eigenvalue weighted by Gasteiger charge is 2.14. The summed E-state index contributed by atoms with van der Waals surface area (Å²) in [6, 6.07) is 17.2. The number of nitriles is 1. The van der Waals surface area contributed by atoms with E-state index >= 15 is 0 Å². The van der Waals surface area contributed by atoms with Gasteiger partial charge in [-0.05, 0) is 48.9 Å². The number of nitrogens with one attached hydrogen (secondary N) is 1. The van der Waals surface area contributed by atoms with Crippen molar-refractivity contribution in [3.05, 3.63) is 85.6 Å². The fourth-order valence-corrected chi connectivity index (χ4v) is 3.99. The Morgan fingerprint density at radius 2 is 2.14 bits per heavy atom. The topological polar surface area (TPSA) is 78.9 Å². The van der Waals surface area contributed by atoms with Gasteiger partial charge in [-0.1, -0.05) is 28.1 Å². The monoisotopic (exact) mass is 463 g/mol. The number of anilines is 1. The van der Waals surface area contributed by atoms with Gasteiger partial charge in [0.25, 0.3) is 0 Å². The van der Waals surface area contributed by atoms with Crippen molar-refractivity contribution in [2.24, 2.45) is 0 Å². The van der Waals surface area contributed by atoms with E-state index in [0.29, 0.717) is 27.4 Å². The summed E-state index contributed by atoms with van der Waals surface area (Å²) in [5.74, 6) is 0. The number of hydrogen-bond donors (Lipinski definition) is 1. The van der Waals surface area contributed by atoms with Crippen LogP contribution in [0.2, 0.25) is 0 Å². The first-order valence-electron chi connectivity index (χ1n) is 8.66. The zero-order valence-corrected chi connectivity index (χ0v) is 17.7. The molecule has 0 radical (unpaired) electrons. The summed E-state index contributed by atoms with van der Waals surface area (Å²) >= 11 is 4.72. The molecule has 2 aromatic carbocycles. The van der Waals surface area contributed by atoms with Gasteiger partial charge in [-0.3, -0.25) is 0 Å². The lowest BCUT2D eigenvalue weighted by molar-refractivity contribution is 0.563. The van der Waals surface area contributed by atoms with E-state index in [1.54, 1.807) is 23.7 Å². The van der Waals surface area contributed by atoms with Crippen molar-refractivity contribution in [3.8, 4) is 17.3 Å². The van der Waals surface area contributed by atoms with Crippen LogP contribution in [-0.4, -0.2) is 4.98 Å². The van der Waals surface area contributed by atoms with Crippen LogP contribution in [0.4, 0.5) is 5.69 Å². The van der Waals surface area contributed by atoms with Gasteiger partial charge in [-0.25, -0.2) is 9.78 Å². The molecule has 0 aliphatic heterocycles. The van der Waals surface area contributed by atoms with Crippen molar-refractivity contribution in [3.63, 3.8) is 0 Å². The Morgan fingerprint density at radius 1 is 1.28 bits per heavy atom. The Kier molecular flexibility index (Phi) is 5.30. The molecule has 2 heterocycles. The lowest BCUT2D eigenvalue weighted by Crippen LogP contribution is -2.03. The molecule has 0 aliphatic rings. The molecule has 29 heavy (non-hydrogen) atoms. The van der Waals surface area contributed by atoms with Crippen molar-refractivity contribution in [2.45, 2.75) is 6.92 Å². The van der Waals surface area contributed by atoms with Crippen LogP contribution in [0.15, 0.2) is 73.8 Å². The molecule has 0 amide bonds. The second kappa shape index (κ2) is 8.03. The minimum atomic E-state index is -0.461. The molecule has 0 bridgehead atoms. The highest BCUT2D eigenvalue weighted by atomic mass is 79.9. The second-order valence-corrected chi connectivity index (χ2v) is 8.12. The van der Waals surface area contributed by atoms with E-state index in [4.69, 9.17) is 4.42 Å². The minimum absolute atomic E-state index is 0.363. The van der Waals surface area contributed by atoms with Gasteiger partial charge in [0, 0.05) is 27.1 Å². The van der Waals surface area contributed by atoms with Gasteiger partial charge in [-0.2, -0.15) is 5.26 Å². The van der Waals surface area contributed by atoms with Gasteiger partial charge < -0.3 is 9.73 Å². The molecular formula is C22H14BrN3O2S. The maximum atomic E-state index is 12.4. The molecule has 4 rings (SSSR count). The number of allylic oxidation sites excluding steroid dienone is 1. The molecular weight excluding hydrogens is 450 g/mol. The third-order valence-corrected chi connectivity index (χ3v) is 5.60. The van der Waals surface area contributed by atoms with Crippen LogP contribution < -0.4 is 10.9 Å². The SMILES string of the molecule is Cc1cccc(N/C=C(\C#N)c2nc(-c3cc4cc(Br)ccc4oc3=O)cs2)c1. The van der Waals surface area contributed by atoms with Crippen molar-refractivity contribution in [1.29, 1.82) is 5.26 Å². The molecule has 0 aliphatic carbocycles. The van der Waals surface area contributed by atoms with Crippen LogP contribution in [0.5, 0.6) is 0 Å². The summed E-state index contributed by atoms with van der Waals surface area (Å²) in [7, 11) is 0. The summed E-state index contributed by atoms with van der Waals surface area (Å²) in [5.41, 5.74) is 3.29. The molecule has 0 unspecified atom stereocenters. The Labute approximate surface area is 179 Å². The number of benzene rings is 2. The molecule has 2 aromatic heterocycles. The average molecular weight is 464 g/mol. The van der Waals surface area contributed by atoms with Crippen LogP contribution in [-0.2, 0) is 0 Å². The molecule has 5 nitrogen and oxygen atoms in total. The Hall–Kier alpha value is -3.21. The van der Waals surface area contributed by atoms with Crippen molar-refractivity contribution >= 4 is 49.5 Å². The summed E-state index contributed by atoms with van der Waals surface area (Å²) < 4.78 is 6.30. The van der Waals surface area contributed by atoms with E-state index in [0.717, 1.165) is 21.1 Å². The lowest BCUT2D eigenvalue weighted by Gasteiger charge is -2.02. The van der Waals surface area contributed by atoms with Gasteiger partial charge in [0.05, 0.1) is 11.3 Å². The molecule has 1 N–H and O–H groups in total. The van der Waals surface area contributed by atoms with Crippen molar-refractivity contribution < 1.29 is 4.42 Å². The quantitative estimate of drug-likeness (QED) is 0.298. The first-order chi connectivity index (χ1) is 14.0. The molecule has 0 spiro atoms. The zero-order valence-electron chi connectivity index (χ0n) is 15.3. The van der Waals surface area contributed by atoms with Crippen LogP contribution in [0.1, 0.15) is 10.6 Å². The largest absolute Gasteiger partial charge is 0.422 e. The van der Waals surface area contributed by atoms with Gasteiger partial charge in [-0.15, -0.1) is 11.3 Å². The van der Waals surface area contributed by atoms with Crippen LogP contribution in [0.25, 0.3) is 27.8 Å². The number of hydrogen-bond acceptors (Lipinski definition) is 6. The number of nitrogens with zero attached hydrogens (tertiary/aromatic N) is 2. The van der Waals surface area contributed by atoms with Gasteiger partial charge >= 0.3 is 5.63 Å². The highest BCUT2D eigenvalue weighted by molar-refractivity contribution is 9.10. The van der Waals surface area contributed by atoms with Gasteiger partial charge in [0.2, 0.25) is 0 Å². The van der Waals surface area contributed by atoms with Crippen LogP contribution in [0.3, 0.4) is 0 Å². The molecule has 0 atom stereocenters. The van der Waals surface area contributed by atoms with E-state index in [1.807, 2.05) is 43.3 Å². The molecule has 0 saturated carbocycles. The number of halogens is 1. The summed E-state index contributed by atoms with van der Waals surface area (Å²) in [4.78, 5) is 16.9. The molecule has 0 fully saturated rings. The van der Waals surface area contributed by atoms with E-state index in [-0.39, 0.29) is 0 Å². The normalized spacial score (nSPS) is 11.4. The maximum absolute atomic E-state index is 12.4. The highest BCUT2D eigenvalue weighted by Crippen LogP contribution is 2.27. The second-order valence-electron chi connectivity index (χ2n) is 6.35. The Bertz CT molecular complexity index is 1350. The Morgan fingerprint density at radius 3 is 2.93 bits per heavy atom. The Balaban J connectivity index is 1.67. The lowest BCUT2D eigenvalue weighted by atomic mass is 10.1. The molecule has 4 aromatic rings. The van der Waals surface area contributed by atoms with Crippen molar-refractivity contribution in [1.82, 2.24) is 4.98 Å². The van der Waals surface area contributed by atoms with Crippen molar-refractivity contribution in [2.75, 3.05) is 5.32 Å². The van der Waals surface area contributed by atoms with Gasteiger partial charge in [0.1, 0.15) is 22.2 Å². The third-order valence-electron chi connectivity index (χ3n) is 4.23. The third kappa shape index (κ3) is 4.14. The van der Waals surface area contributed by atoms with Crippen LogP contribution in [0, 0.1) is 18.3 Å². The van der Waals surface area contributed by atoms with Gasteiger partial charge in [0.15, 0.2) is 0 Å². The molecule has 7 heteroatoms. The fraction of sp³-hybridized carbons (Fsp3) is 0.0455. The van der Waals surface area contributed by atoms with E-state index in [9.17, 15) is 10.1 Å². The average Bonchev–Trinajstić information content (AvgIpc) is 3.18. The van der Waals surface area contributed by atoms with E-state index in [1.165, 1.54) is 11.3 Å². The number of fused-ring (bicyclic) bond motifs is 1. The number of aromatic nitrogens is 1. The fourth-order valence-electron chi connectivity index (χ4n) is 2.83. The number of rotatable bonds is 4. The van der Waals surface area contributed by atoms with E-state index in [2.05, 4.69) is 32.3 Å². The maximum Gasteiger partial charge on any atom is 0.345 e. The summed E-state index contributed by atoms with van der Waals surface area (Å²) in [6.45, 7) is 2.00. The first kappa shape index (κ1) is 19.1. The predicted octanol–water partition coefficient (Wildman–Crippen LogP) is 5.96. The van der Waals surface area contributed by atoms with Crippen LogP contribution >= 0.6 is 27.3 Å². The number of thiazole rings is 1. The first-order valence-corrected chi connectivity index (χ1v) is 10.3. The summed E-state index contributed by atoms with van der Waals surface area (Å²) in [6.07, 6.45) is 1.62. The molecule has 0 saturated heterocycles. The predicted molar refractivity (Wildman–Crippen MR) is 120 cm³/mol. The molecule has 142 valence electrons.